The van der Waals surface area contributed by atoms with Crippen molar-refractivity contribution in [2.45, 2.75) is 45.8 Å². The first-order valence-electron chi connectivity index (χ1n) is 8.20. The molecule has 0 aromatic carbocycles. The van der Waals surface area contributed by atoms with Gasteiger partial charge in [0.1, 0.15) is 31.8 Å². The Morgan fingerprint density at radius 3 is 2.32 bits per heavy atom. The zero-order valence-corrected chi connectivity index (χ0v) is 14.9. The smallest absolute Gasteiger partial charge is 0.449 e. The summed E-state index contributed by atoms with van der Waals surface area (Å²) in [7, 11) is -3.46. The van der Waals surface area contributed by atoms with E-state index >= 15 is 0 Å². The molecule has 2 unspecified atom stereocenters. The van der Waals surface area contributed by atoms with E-state index in [9.17, 15) is 4.79 Å². The Bertz CT molecular complexity index is 401. The van der Waals surface area contributed by atoms with Gasteiger partial charge in [-0.25, -0.2) is 4.79 Å². The van der Waals surface area contributed by atoms with Gasteiger partial charge in [-0.05, 0) is 19.8 Å². The topological polar surface area (TPSA) is 54.0 Å². The lowest BCUT2D eigenvalue weighted by atomic mass is 10.1. The quantitative estimate of drug-likeness (QED) is 0.436. The number of carbonyl (C=O) groups is 1. The fourth-order valence-electron chi connectivity index (χ4n) is 3.15. The lowest BCUT2D eigenvalue weighted by Crippen LogP contribution is -2.68. The van der Waals surface area contributed by atoms with Crippen molar-refractivity contribution < 1.29 is 27.0 Å². The predicted octanol–water partition coefficient (Wildman–Crippen LogP) is 1.62. The predicted molar refractivity (Wildman–Crippen MR) is 83.7 cm³/mol. The second-order valence-corrected chi connectivity index (χ2v) is 7.98. The third-order valence-corrected chi connectivity index (χ3v) is 6.87. The van der Waals surface area contributed by atoms with Crippen LogP contribution in [0.25, 0.3) is 0 Å². The van der Waals surface area contributed by atoms with Crippen molar-refractivity contribution in [3.63, 3.8) is 0 Å². The van der Waals surface area contributed by atoms with Crippen molar-refractivity contribution in [1.29, 1.82) is 0 Å². The van der Waals surface area contributed by atoms with E-state index < -0.39 is 15.0 Å². The number of hydrogen-bond donors (Lipinski definition) is 0. The van der Waals surface area contributed by atoms with Gasteiger partial charge in [-0.15, -0.1) is 0 Å². The van der Waals surface area contributed by atoms with E-state index in [-0.39, 0.29) is 12.2 Å². The van der Waals surface area contributed by atoms with Gasteiger partial charge in [0.2, 0.25) is 0 Å². The average molecular weight is 330 g/mol. The minimum Gasteiger partial charge on any atom is -0.449 e. The standard InChI is InChI=1S/C15H28NO5Si/c1-5-13-11-16(8-4)9-10-18-22(19-13,21-15(17)7-3)20-14(6-2)12-16/h7,13-14H,3,5-6,8-12H2,1-2,4H3/q+1. The van der Waals surface area contributed by atoms with E-state index in [1.807, 2.05) is 0 Å². The zero-order chi connectivity index (χ0) is 16.2. The van der Waals surface area contributed by atoms with Crippen LogP contribution >= 0.6 is 0 Å². The van der Waals surface area contributed by atoms with Crippen molar-refractivity contribution >= 4 is 15.0 Å². The molecule has 0 aliphatic carbocycles. The summed E-state index contributed by atoms with van der Waals surface area (Å²) >= 11 is 0. The van der Waals surface area contributed by atoms with Crippen molar-refractivity contribution in [2.24, 2.45) is 0 Å². The minimum atomic E-state index is -3.46. The molecular formula is C15H28NO5Si+. The third kappa shape index (κ3) is 3.78. The van der Waals surface area contributed by atoms with Crippen LogP contribution in [0.15, 0.2) is 12.7 Å². The number of quaternary nitrogens is 1. The molecule has 3 rings (SSSR count). The van der Waals surface area contributed by atoms with Crippen LogP contribution in [0.4, 0.5) is 0 Å². The summed E-state index contributed by atoms with van der Waals surface area (Å²) in [6, 6.07) is 0. The van der Waals surface area contributed by atoms with Gasteiger partial charge < -0.3 is 22.2 Å². The molecule has 3 aliphatic rings. The molecule has 7 heteroatoms. The highest BCUT2D eigenvalue weighted by molar-refractivity contribution is 6.56. The number of nitrogens with zero attached hydrogens (tertiary/aromatic N) is 1. The maximum Gasteiger partial charge on any atom is 0.753 e. The molecule has 0 N–H and O–H groups in total. The second kappa shape index (κ2) is 7.23. The normalized spacial score (nSPS) is 38.7. The zero-order valence-electron chi connectivity index (χ0n) is 13.9. The molecule has 0 amide bonds. The van der Waals surface area contributed by atoms with Crippen LogP contribution in [0.3, 0.4) is 0 Å². The van der Waals surface area contributed by atoms with E-state index in [2.05, 4.69) is 27.4 Å². The van der Waals surface area contributed by atoms with Crippen LogP contribution in [0.2, 0.25) is 0 Å². The van der Waals surface area contributed by atoms with Crippen LogP contribution in [0.1, 0.15) is 33.6 Å². The summed E-state index contributed by atoms with van der Waals surface area (Å²) < 4.78 is 24.5. The van der Waals surface area contributed by atoms with E-state index in [4.69, 9.17) is 17.7 Å². The van der Waals surface area contributed by atoms with Crippen LogP contribution in [-0.4, -0.2) is 64.5 Å². The number of likely N-dealkylation sites (N-methyl/N-ethyl adjacent to an activating group) is 1. The van der Waals surface area contributed by atoms with E-state index in [1.54, 1.807) is 0 Å². The minimum absolute atomic E-state index is 0.0256. The highest BCUT2D eigenvalue weighted by Gasteiger charge is 2.58. The van der Waals surface area contributed by atoms with Gasteiger partial charge in [-0.3, -0.25) is 0 Å². The Labute approximate surface area is 134 Å². The summed E-state index contributed by atoms with van der Waals surface area (Å²) in [6.45, 7) is 14.0. The van der Waals surface area contributed by atoms with Gasteiger partial charge in [-0.1, -0.05) is 20.4 Å². The highest BCUT2D eigenvalue weighted by atomic mass is 28.4. The molecular weight excluding hydrogens is 302 g/mol. The Morgan fingerprint density at radius 2 is 1.86 bits per heavy atom. The lowest BCUT2D eigenvalue weighted by molar-refractivity contribution is -0.934. The average Bonchev–Trinajstić information content (AvgIpc) is 2.48. The molecule has 2 atom stereocenters. The van der Waals surface area contributed by atoms with Gasteiger partial charge >= 0.3 is 15.0 Å². The van der Waals surface area contributed by atoms with Crippen molar-refractivity contribution in [1.82, 2.24) is 0 Å². The van der Waals surface area contributed by atoms with Gasteiger partial charge in [0, 0.05) is 6.08 Å². The Morgan fingerprint density at radius 1 is 1.27 bits per heavy atom. The van der Waals surface area contributed by atoms with Crippen LogP contribution in [0.5, 0.6) is 0 Å². The van der Waals surface area contributed by atoms with Crippen LogP contribution in [0, 0.1) is 0 Å². The molecule has 2 bridgehead atoms. The van der Waals surface area contributed by atoms with Crippen molar-refractivity contribution in [2.75, 3.05) is 32.8 Å². The van der Waals surface area contributed by atoms with E-state index in [1.165, 1.54) is 0 Å². The monoisotopic (exact) mass is 330 g/mol. The van der Waals surface area contributed by atoms with Crippen LogP contribution in [-0.2, 0) is 22.5 Å². The molecule has 3 aliphatic heterocycles. The molecule has 0 aromatic rings. The summed E-state index contributed by atoms with van der Waals surface area (Å²) in [6.07, 6.45) is 2.75. The molecule has 3 heterocycles. The first kappa shape index (κ1) is 17.6. The molecule has 3 saturated heterocycles. The van der Waals surface area contributed by atoms with Crippen molar-refractivity contribution in [3.05, 3.63) is 12.7 Å². The number of hydrogen-bond acceptors (Lipinski definition) is 5. The highest BCUT2D eigenvalue weighted by Crippen LogP contribution is 2.29. The first-order chi connectivity index (χ1) is 10.5. The number of fused-ring (bicyclic) bond motifs is 6. The second-order valence-electron chi connectivity index (χ2n) is 6.02. The molecule has 22 heavy (non-hydrogen) atoms. The third-order valence-electron chi connectivity index (χ3n) is 4.62. The fourth-order valence-corrected chi connectivity index (χ4v) is 5.46. The Kier molecular flexibility index (Phi) is 5.79. The first-order valence-corrected chi connectivity index (χ1v) is 9.83. The van der Waals surface area contributed by atoms with Gasteiger partial charge in [0.25, 0.3) is 0 Å². The number of rotatable bonds is 5. The summed E-state index contributed by atoms with van der Waals surface area (Å²) in [5, 5.41) is 0. The molecule has 3 fully saturated rings. The van der Waals surface area contributed by atoms with Crippen molar-refractivity contribution in [3.8, 4) is 0 Å². The summed E-state index contributed by atoms with van der Waals surface area (Å²) in [5.74, 6) is -0.547. The molecule has 0 aromatic heterocycles. The van der Waals surface area contributed by atoms with Gasteiger partial charge in [0.05, 0.1) is 13.2 Å². The fraction of sp³-hybridized carbons (Fsp3) is 0.800. The molecule has 6 nitrogen and oxygen atoms in total. The number of carbonyl (C=O) groups excluding carboxylic acids is 1. The maximum absolute atomic E-state index is 11.7. The molecule has 0 radical (unpaired) electrons. The summed E-state index contributed by atoms with van der Waals surface area (Å²) in [4.78, 5) is 11.7. The SMILES string of the molecule is C=CC(=O)O[Si]12OCC[N+](CC)(CC(CC)O1)CC(CC)O2. The Hall–Kier alpha value is -0.733. The largest absolute Gasteiger partial charge is 0.753 e. The van der Waals surface area contributed by atoms with Crippen LogP contribution < -0.4 is 0 Å². The Balaban J connectivity index is 2.33. The van der Waals surface area contributed by atoms with Gasteiger partial charge in [0.15, 0.2) is 0 Å². The summed E-state index contributed by atoms with van der Waals surface area (Å²) in [5.41, 5.74) is 0. The van der Waals surface area contributed by atoms with E-state index in [0.29, 0.717) is 6.61 Å². The maximum atomic E-state index is 11.7. The van der Waals surface area contributed by atoms with Gasteiger partial charge in [-0.2, -0.15) is 0 Å². The molecule has 0 saturated carbocycles. The molecule has 126 valence electrons. The van der Waals surface area contributed by atoms with E-state index in [0.717, 1.165) is 49.6 Å². The lowest BCUT2D eigenvalue weighted by Gasteiger charge is -2.48. The molecule has 0 spiro atoms.